The Bertz CT molecular complexity index is 452. The first kappa shape index (κ1) is 19.4. The Hall–Kier alpha value is -0.960. The van der Waals surface area contributed by atoms with Gasteiger partial charge in [-0.15, -0.1) is 0 Å². The monoisotopic (exact) mass is 348 g/mol. The van der Waals surface area contributed by atoms with Crippen molar-refractivity contribution >= 4 is 18.0 Å². The number of rotatable bonds is 10. The predicted octanol–water partition coefficient (Wildman–Crippen LogP) is 6.79. The summed E-state index contributed by atoms with van der Waals surface area (Å²) in [5.41, 5.74) is 0. The van der Waals surface area contributed by atoms with E-state index in [2.05, 4.69) is 6.92 Å². The Morgan fingerprint density at radius 2 is 1.67 bits per heavy atom. The first-order chi connectivity index (χ1) is 11.8. The van der Waals surface area contributed by atoms with Crippen LogP contribution in [0.3, 0.4) is 0 Å². The average molecular weight is 349 g/mol. The van der Waals surface area contributed by atoms with E-state index in [1.165, 1.54) is 69.8 Å². The van der Waals surface area contributed by atoms with Gasteiger partial charge < -0.3 is 4.18 Å². The molecule has 24 heavy (non-hydrogen) atoms. The molecule has 0 heterocycles. The Kier molecular flexibility index (Phi) is 9.34. The summed E-state index contributed by atoms with van der Waals surface area (Å²) in [4.78, 5) is 13.2. The molecule has 2 nitrogen and oxygen atoms in total. The van der Waals surface area contributed by atoms with Crippen LogP contribution in [0, 0.1) is 11.8 Å². The molecule has 0 aliphatic heterocycles. The zero-order valence-electron chi connectivity index (χ0n) is 15.0. The molecule has 1 aliphatic carbocycles. The first-order valence-corrected chi connectivity index (χ1v) is 10.5. The minimum absolute atomic E-state index is 0.0260. The summed E-state index contributed by atoms with van der Waals surface area (Å²) in [6.07, 6.45) is 14.0. The lowest BCUT2D eigenvalue weighted by Gasteiger charge is -2.26. The van der Waals surface area contributed by atoms with E-state index in [0.717, 1.165) is 23.7 Å². The van der Waals surface area contributed by atoms with Crippen LogP contribution in [-0.4, -0.2) is 5.97 Å². The van der Waals surface area contributed by atoms with E-state index >= 15 is 0 Å². The highest BCUT2D eigenvalue weighted by Gasteiger charge is 2.27. The summed E-state index contributed by atoms with van der Waals surface area (Å²) in [5, 5.41) is 0. The van der Waals surface area contributed by atoms with Gasteiger partial charge in [0, 0.05) is 4.90 Å². The highest BCUT2D eigenvalue weighted by atomic mass is 32.2. The lowest BCUT2D eigenvalue weighted by molar-refractivity contribution is -0.138. The lowest BCUT2D eigenvalue weighted by Crippen LogP contribution is -2.22. The zero-order valence-corrected chi connectivity index (χ0v) is 15.9. The summed E-state index contributed by atoms with van der Waals surface area (Å²) >= 11 is 1.20. The van der Waals surface area contributed by atoms with E-state index in [0.29, 0.717) is 0 Å². The molecule has 1 fully saturated rings. The van der Waals surface area contributed by atoms with Crippen LogP contribution in [0.1, 0.15) is 77.6 Å². The van der Waals surface area contributed by atoms with Gasteiger partial charge in [0.25, 0.3) is 0 Å². The normalized spacial score (nSPS) is 20.7. The summed E-state index contributed by atoms with van der Waals surface area (Å²) < 4.78 is 5.42. The standard InChI is InChI=1S/C21H32O2S/c1-2-3-4-5-6-8-11-18-14-16-19(17-15-18)21(22)23-24-20-12-9-7-10-13-20/h7,9-10,12-13,18-19H,2-6,8,11,14-17H2,1H3. The van der Waals surface area contributed by atoms with E-state index in [-0.39, 0.29) is 11.9 Å². The fourth-order valence-electron chi connectivity index (χ4n) is 3.53. The SMILES string of the molecule is CCCCCCCCC1CCC(C(=O)OSc2ccccc2)CC1. The predicted molar refractivity (Wildman–Crippen MR) is 102 cm³/mol. The first-order valence-electron chi connectivity index (χ1n) is 9.73. The van der Waals surface area contributed by atoms with Gasteiger partial charge in [0.2, 0.25) is 0 Å². The molecule has 2 rings (SSSR count). The van der Waals surface area contributed by atoms with Crippen molar-refractivity contribution < 1.29 is 8.98 Å². The van der Waals surface area contributed by atoms with Gasteiger partial charge in [-0.3, -0.25) is 4.79 Å². The van der Waals surface area contributed by atoms with E-state index in [4.69, 9.17) is 4.18 Å². The molecule has 0 radical (unpaired) electrons. The summed E-state index contributed by atoms with van der Waals surface area (Å²) in [7, 11) is 0. The third kappa shape index (κ3) is 7.29. The van der Waals surface area contributed by atoms with E-state index in [9.17, 15) is 4.79 Å². The van der Waals surface area contributed by atoms with Crippen LogP contribution >= 0.6 is 12.0 Å². The zero-order chi connectivity index (χ0) is 17.0. The van der Waals surface area contributed by atoms with Gasteiger partial charge >= 0.3 is 5.97 Å². The van der Waals surface area contributed by atoms with Crippen LogP contribution in [0.2, 0.25) is 0 Å². The molecule has 0 spiro atoms. The average Bonchev–Trinajstić information content (AvgIpc) is 2.64. The molecule has 0 amide bonds. The van der Waals surface area contributed by atoms with Crippen molar-refractivity contribution in [1.82, 2.24) is 0 Å². The van der Waals surface area contributed by atoms with Crippen molar-refractivity contribution in [3.63, 3.8) is 0 Å². The number of hydrogen-bond acceptors (Lipinski definition) is 3. The van der Waals surface area contributed by atoms with E-state index in [1.54, 1.807) is 0 Å². The number of unbranched alkanes of at least 4 members (excludes halogenated alkanes) is 5. The number of hydrogen-bond donors (Lipinski definition) is 0. The maximum Gasteiger partial charge on any atom is 0.321 e. The van der Waals surface area contributed by atoms with Crippen molar-refractivity contribution in [3.05, 3.63) is 30.3 Å². The summed E-state index contributed by atoms with van der Waals surface area (Å²) in [6, 6.07) is 9.83. The van der Waals surface area contributed by atoms with Gasteiger partial charge in [0.05, 0.1) is 18.0 Å². The molecule has 3 heteroatoms. The second-order valence-corrected chi connectivity index (χ2v) is 7.88. The Labute approximate surface area is 152 Å². The third-order valence-corrected chi connectivity index (χ3v) is 5.82. The highest BCUT2D eigenvalue weighted by Crippen LogP contribution is 2.34. The topological polar surface area (TPSA) is 26.3 Å². The smallest absolute Gasteiger partial charge is 0.321 e. The van der Waals surface area contributed by atoms with Gasteiger partial charge in [0.15, 0.2) is 0 Å². The fraction of sp³-hybridized carbons (Fsp3) is 0.667. The van der Waals surface area contributed by atoms with Crippen molar-refractivity contribution in [3.8, 4) is 0 Å². The molecule has 0 saturated heterocycles. The Morgan fingerprint density at radius 1 is 1.00 bits per heavy atom. The van der Waals surface area contributed by atoms with Crippen molar-refractivity contribution in [2.45, 2.75) is 82.4 Å². The summed E-state index contributed by atoms with van der Waals surface area (Å²) in [5.74, 6) is 0.922. The minimum Gasteiger partial charge on any atom is -0.386 e. The van der Waals surface area contributed by atoms with Crippen LogP contribution < -0.4 is 0 Å². The molecule has 0 bridgehead atoms. The van der Waals surface area contributed by atoms with Crippen molar-refractivity contribution in [2.24, 2.45) is 11.8 Å². The fourth-order valence-corrected chi connectivity index (χ4v) is 4.12. The maximum absolute atomic E-state index is 12.2. The van der Waals surface area contributed by atoms with Gasteiger partial charge in [-0.1, -0.05) is 70.1 Å². The molecule has 0 unspecified atom stereocenters. The Balaban J connectivity index is 1.56. The molecule has 1 aliphatic rings. The third-order valence-electron chi connectivity index (χ3n) is 5.11. The molecule has 0 N–H and O–H groups in total. The Morgan fingerprint density at radius 3 is 2.38 bits per heavy atom. The van der Waals surface area contributed by atoms with E-state index in [1.807, 2.05) is 30.3 Å². The summed E-state index contributed by atoms with van der Waals surface area (Å²) in [6.45, 7) is 2.27. The van der Waals surface area contributed by atoms with Crippen LogP contribution in [-0.2, 0) is 8.98 Å². The molecule has 0 atom stereocenters. The maximum atomic E-state index is 12.2. The molecule has 1 aromatic carbocycles. The van der Waals surface area contributed by atoms with Crippen LogP contribution in [0.4, 0.5) is 0 Å². The number of carbonyl (C=O) groups is 1. The second-order valence-electron chi connectivity index (χ2n) is 7.07. The van der Waals surface area contributed by atoms with Gasteiger partial charge in [-0.05, 0) is 43.7 Å². The van der Waals surface area contributed by atoms with Crippen molar-refractivity contribution in [2.75, 3.05) is 0 Å². The molecule has 1 saturated carbocycles. The van der Waals surface area contributed by atoms with E-state index < -0.39 is 0 Å². The van der Waals surface area contributed by atoms with Gasteiger partial charge in [0.1, 0.15) is 0 Å². The minimum atomic E-state index is -0.0260. The second kappa shape index (κ2) is 11.6. The lowest BCUT2D eigenvalue weighted by atomic mass is 9.80. The van der Waals surface area contributed by atoms with Crippen LogP contribution in [0.5, 0.6) is 0 Å². The molecule has 0 aromatic heterocycles. The van der Waals surface area contributed by atoms with Gasteiger partial charge in [-0.25, -0.2) is 0 Å². The van der Waals surface area contributed by atoms with Crippen molar-refractivity contribution in [1.29, 1.82) is 0 Å². The molecular weight excluding hydrogens is 316 g/mol. The molecule has 1 aromatic rings. The largest absolute Gasteiger partial charge is 0.386 e. The van der Waals surface area contributed by atoms with Crippen LogP contribution in [0.25, 0.3) is 0 Å². The highest BCUT2D eigenvalue weighted by molar-refractivity contribution is 7.95. The van der Waals surface area contributed by atoms with Gasteiger partial charge in [-0.2, -0.15) is 0 Å². The number of benzene rings is 1. The molecule has 134 valence electrons. The quantitative estimate of drug-likeness (QED) is 0.344. The van der Waals surface area contributed by atoms with Crippen LogP contribution in [0.15, 0.2) is 35.2 Å². The molecular formula is C21H32O2S. The number of carbonyl (C=O) groups excluding carboxylic acids is 1.